The number of hydrogen-bond acceptors (Lipinski definition) is 3. The monoisotopic (exact) mass is 276 g/mol. The fraction of sp³-hybridized carbons (Fsp3) is 0.333. The minimum absolute atomic E-state index is 0.00805. The Morgan fingerprint density at radius 3 is 2.58 bits per heavy atom. The highest BCUT2D eigenvalue weighted by atomic mass is 35.5. The summed E-state index contributed by atoms with van der Waals surface area (Å²) in [7, 11) is 0. The smallest absolute Gasteiger partial charge is 0.238 e. The van der Waals surface area contributed by atoms with Crippen molar-refractivity contribution in [3.05, 3.63) is 47.9 Å². The molecule has 0 aliphatic carbocycles. The van der Waals surface area contributed by atoms with E-state index < -0.39 is 0 Å². The largest absolute Gasteiger partial charge is 0.437 e. The van der Waals surface area contributed by atoms with Crippen molar-refractivity contribution in [1.82, 2.24) is 9.97 Å². The zero-order valence-electron chi connectivity index (χ0n) is 11.4. The van der Waals surface area contributed by atoms with Crippen LogP contribution in [0.15, 0.2) is 36.7 Å². The summed E-state index contributed by atoms with van der Waals surface area (Å²) in [6.45, 7) is 6.45. The molecule has 3 nitrogen and oxygen atoms in total. The van der Waals surface area contributed by atoms with Gasteiger partial charge >= 0.3 is 0 Å². The lowest BCUT2D eigenvalue weighted by Gasteiger charge is -2.22. The van der Waals surface area contributed by atoms with Crippen LogP contribution in [0, 0.1) is 0 Å². The average molecular weight is 277 g/mol. The van der Waals surface area contributed by atoms with Gasteiger partial charge in [-0.1, -0.05) is 39.0 Å². The second kappa shape index (κ2) is 5.57. The fourth-order valence-corrected chi connectivity index (χ4v) is 1.92. The first-order valence-electron chi connectivity index (χ1n) is 6.15. The number of alkyl halides is 1. The van der Waals surface area contributed by atoms with E-state index in [0.29, 0.717) is 17.5 Å². The maximum atomic E-state index is 5.85. The third-order valence-corrected chi connectivity index (χ3v) is 2.98. The van der Waals surface area contributed by atoms with Gasteiger partial charge in [0.25, 0.3) is 0 Å². The number of para-hydroxylation sites is 1. The van der Waals surface area contributed by atoms with Crippen LogP contribution >= 0.6 is 11.6 Å². The van der Waals surface area contributed by atoms with E-state index in [-0.39, 0.29) is 5.41 Å². The zero-order valence-corrected chi connectivity index (χ0v) is 12.1. The Morgan fingerprint density at radius 2 is 1.89 bits per heavy atom. The Balaban J connectivity index is 2.33. The predicted molar refractivity (Wildman–Crippen MR) is 76.8 cm³/mol. The molecular formula is C15H17ClN2O. The van der Waals surface area contributed by atoms with Crippen molar-refractivity contribution in [3.8, 4) is 11.6 Å². The molecule has 0 unspecified atom stereocenters. The van der Waals surface area contributed by atoms with E-state index in [0.717, 1.165) is 11.3 Å². The SMILES string of the molecule is CC(C)(C)c1ccccc1Oc1cncc(CCl)n1. The summed E-state index contributed by atoms with van der Waals surface area (Å²) in [6, 6.07) is 7.96. The van der Waals surface area contributed by atoms with Gasteiger partial charge < -0.3 is 4.74 Å². The van der Waals surface area contributed by atoms with Crippen LogP contribution in [0.4, 0.5) is 0 Å². The first-order chi connectivity index (χ1) is 9.00. The summed E-state index contributed by atoms with van der Waals surface area (Å²) in [5.74, 6) is 1.59. The van der Waals surface area contributed by atoms with Crippen LogP contribution < -0.4 is 4.74 Å². The molecule has 0 aliphatic rings. The van der Waals surface area contributed by atoms with E-state index in [1.54, 1.807) is 12.4 Å². The normalized spacial score (nSPS) is 11.4. The lowest BCUT2D eigenvalue weighted by Crippen LogP contribution is -2.12. The lowest BCUT2D eigenvalue weighted by atomic mass is 9.86. The van der Waals surface area contributed by atoms with Crippen LogP contribution in [0.1, 0.15) is 32.0 Å². The Bertz CT molecular complexity index is 564. The quantitative estimate of drug-likeness (QED) is 0.784. The van der Waals surface area contributed by atoms with Crippen LogP contribution in [0.25, 0.3) is 0 Å². The van der Waals surface area contributed by atoms with Crippen molar-refractivity contribution in [2.45, 2.75) is 32.1 Å². The van der Waals surface area contributed by atoms with Crippen LogP contribution in [-0.2, 0) is 11.3 Å². The standard InChI is InChI=1S/C15H17ClN2O/c1-15(2,3)12-6-4-5-7-13(12)19-14-10-17-9-11(8-16)18-14/h4-7,9-10H,8H2,1-3H3. The lowest BCUT2D eigenvalue weighted by molar-refractivity contribution is 0.436. The van der Waals surface area contributed by atoms with Crippen LogP contribution in [0.5, 0.6) is 11.6 Å². The van der Waals surface area contributed by atoms with Gasteiger partial charge in [0.1, 0.15) is 5.75 Å². The fourth-order valence-electron chi connectivity index (χ4n) is 1.79. The third kappa shape index (κ3) is 3.44. The van der Waals surface area contributed by atoms with Gasteiger partial charge in [0.2, 0.25) is 5.88 Å². The second-order valence-electron chi connectivity index (χ2n) is 5.33. The molecule has 0 radical (unpaired) electrons. The molecule has 0 fully saturated rings. The van der Waals surface area contributed by atoms with Gasteiger partial charge in [-0.05, 0) is 11.5 Å². The molecule has 0 amide bonds. The van der Waals surface area contributed by atoms with Crippen molar-refractivity contribution in [3.63, 3.8) is 0 Å². The van der Waals surface area contributed by atoms with Gasteiger partial charge in [-0.3, -0.25) is 4.98 Å². The summed E-state index contributed by atoms with van der Waals surface area (Å²) >= 11 is 5.75. The Kier molecular flexibility index (Phi) is 4.05. The van der Waals surface area contributed by atoms with E-state index in [1.165, 1.54) is 0 Å². The molecule has 4 heteroatoms. The van der Waals surface area contributed by atoms with Gasteiger partial charge in [-0.2, -0.15) is 0 Å². The molecule has 19 heavy (non-hydrogen) atoms. The highest BCUT2D eigenvalue weighted by Crippen LogP contribution is 2.33. The average Bonchev–Trinajstić information content (AvgIpc) is 2.38. The molecule has 2 rings (SSSR count). The highest BCUT2D eigenvalue weighted by molar-refractivity contribution is 6.16. The van der Waals surface area contributed by atoms with Gasteiger partial charge in [-0.25, -0.2) is 4.98 Å². The van der Waals surface area contributed by atoms with Crippen molar-refractivity contribution < 1.29 is 4.74 Å². The number of ether oxygens (including phenoxy) is 1. The summed E-state index contributed by atoms with van der Waals surface area (Å²) in [6.07, 6.45) is 3.23. The topological polar surface area (TPSA) is 35.0 Å². The summed E-state index contributed by atoms with van der Waals surface area (Å²) in [5.41, 5.74) is 1.84. The molecule has 0 spiro atoms. The van der Waals surface area contributed by atoms with E-state index in [4.69, 9.17) is 16.3 Å². The summed E-state index contributed by atoms with van der Waals surface area (Å²) < 4.78 is 5.85. The number of nitrogens with zero attached hydrogens (tertiary/aromatic N) is 2. The van der Waals surface area contributed by atoms with Crippen molar-refractivity contribution in [1.29, 1.82) is 0 Å². The van der Waals surface area contributed by atoms with E-state index >= 15 is 0 Å². The molecule has 1 heterocycles. The summed E-state index contributed by atoms with van der Waals surface area (Å²) in [5, 5.41) is 0. The van der Waals surface area contributed by atoms with E-state index in [2.05, 4.69) is 36.8 Å². The molecular weight excluding hydrogens is 260 g/mol. The van der Waals surface area contributed by atoms with Crippen LogP contribution in [-0.4, -0.2) is 9.97 Å². The number of halogens is 1. The van der Waals surface area contributed by atoms with Crippen LogP contribution in [0.3, 0.4) is 0 Å². The Labute approximate surface area is 118 Å². The maximum Gasteiger partial charge on any atom is 0.238 e. The molecule has 0 bridgehead atoms. The summed E-state index contributed by atoms with van der Waals surface area (Å²) in [4.78, 5) is 8.36. The molecule has 0 saturated carbocycles. The van der Waals surface area contributed by atoms with Gasteiger partial charge in [0.15, 0.2) is 0 Å². The van der Waals surface area contributed by atoms with Gasteiger partial charge in [0, 0.05) is 11.8 Å². The molecule has 100 valence electrons. The minimum Gasteiger partial charge on any atom is -0.437 e. The van der Waals surface area contributed by atoms with E-state index in [1.807, 2.05) is 18.2 Å². The number of benzene rings is 1. The molecule has 1 aromatic heterocycles. The number of rotatable bonds is 3. The number of hydrogen-bond donors (Lipinski definition) is 0. The molecule has 1 aromatic carbocycles. The molecule has 0 atom stereocenters. The van der Waals surface area contributed by atoms with Crippen LogP contribution in [0.2, 0.25) is 0 Å². The zero-order chi connectivity index (χ0) is 13.9. The maximum absolute atomic E-state index is 5.85. The van der Waals surface area contributed by atoms with Crippen molar-refractivity contribution >= 4 is 11.6 Å². The Hall–Kier alpha value is -1.61. The second-order valence-corrected chi connectivity index (χ2v) is 5.60. The molecule has 0 aliphatic heterocycles. The Morgan fingerprint density at radius 1 is 1.16 bits per heavy atom. The first kappa shape index (κ1) is 13.8. The minimum atomic E-state index is 0.00805. The third-order valence-electron chi connectivity index (χ3n) is 2.71. The molecule has 0 saturated heterocycles. The van der Waals surface area contributed by atoms with Gasteiger partial charge in [-0.15, -0.1) is 11.6 Å². The van der Waals surface area contributed by atoms with Crippen molar-refractivity contribution in [2.24, 2.45) is 0 Å². The first-order valence-corrected chi connectivity index (χ1v) is 6.68. The van der Waals surface area contributed by atoms with E-state index in [9.17, 15) is 0 Å². The number of aromatic nitrogens is 2. The molecule has 2 aromatic rings. The van der Waals surface area contributed by atoms with Crippen molar-refractivity contribution in [2.75, 3.05) is 0 Å². The van der Waals surface area contributed by atoms with Gasteiger partial charge in [0.05, 0.1) is 17.8 Å². The molecule has 0 N–H and O–H groups in total. The highest BCUT2D eigenvalue weighted by Gasteiger charge is 2.19. The predicted octanol–water partition coefficient (Wildman–Crippen LogP) is 4.31.